The Morgan fingerprint density at radius 3 is 2.72 bits per heavy atom. The highest BCUT2D eigenvalue weighted by Crippen LogP contribution is 2.19. The molecule has 1 atom stereocenters. The second kappa shape index (κ2) is 7.70. The van der Waals surface area contributed by atoms with Crippen LogP contribution in [0.5, 0.6) is 5.75 Å². The molecule has 3 aromatic rings. The molecule has 0 N–H and O–H groups in total. The molecular weight excluding hydrogens is 382 g/mol. The highest BCUT2D eigenvalue weighted by Gasteiger charge is 2.20. The molecule has 0 fully saturated rings. The smallest absolute Gasteiger partial charge is 0.245 e. The van der Waals surface area contributed by atoms with Crippen LogP contribution in [0.1, 0.15) is 13.0 Å². The zero-order valence-electron chi connectivity index (χ0n) is 14.2. The van der Waals surface area contributed by atoms with Crippen molar-refractivity contribution in [3.63, 3.8) is 0 Å². The summed E-state index contributed by atoms with van der Waals surface area (Å²) in [4.78, 5) is 18.7. The Morgan fingerprint density at radius 2 is 1.96 bits per heavy atom. The Kier molecular flexibility index (Phi) is 5.38. The van der Waals surface area contributed by atoms with Crippen molar-refractivity contribution in [1.29, 1.82) is 0 Å². The summed E-state index contributed by atoms with van der Waals surface area (Å²) in [6.45, 7) is 2.86. The average molecular weight is 402 g/mol. The van der Waals surface area contributed by atoms with E-state index in [1.165, 1.54) is 0 Å². The summed E-state index contributed by atoms with van der Waals surface area (Å²) < 4.78 is 8.60. The minimum atomic E-state index is -0.315. The zero-order valence-corrected chi connectivity index (χ0v) is 15.8. The maximum Gasteiger partial charge on any atom is 0.245 e. The van der Waals surface area contributed by atoms with Gasteiger partial charge in [0.1, 0.15) is 18.4 Å². The minimum Gasteiger partial charge on any atom is -0.492 e. The Bertz CT molecular complexity index is 860. The van der Waals surface area contributed by atoms with E-state index in [1.54, 1.807) is 18.3 Å². The van der Waals surface area contributed by atoms with Crippen LogP contribution in [0.2, 0.25) is 0 Å². The molecule has 0 spiro atoms. The summed E-state index contributed by atoms with van der Waals surface area (Å²) >= 11 is 3.39. The van der Waals surface area contributed by atoms with Crippen LogP contribution in [0.3, 0.4) is 0 Å². The van der Waals surface area contributed by atoms with E-state index in [2.05, 4.69) is 20.9 Å². The van der Waals surface area contributed by atoms with Crippen LogP contribution in [0.25, 0.3) is 11.0 Å². The highest BCUT2D eigenvalue weighted by atomic mass is 79.9. The van der Waals surface area contributed by atoms with E-state index in [9.17, 15) is 4.79 Å². The van der Waals surface area contributed by atoms with Gasteiger partial charge in [0.15, 0.2) is 0 Å². The predicted octanol–water partition coefficient (Wildman–Crippen LogP) is 3.90. The lowest BCUT2D eigenvalue weighted by Gasteiger charge is -2.22. The van der Waals surface area contributed by atoms with Gasteiger partial charge < -0.3 is 14.2 Å². The first kappa shape index (κ1) is 17.5. The van der Waals surface area contributed by atoms with Crippen molar-refractivity contribution >= 4 is 32.9 Å². The van der Waals surface area contributed by atoms with E-state index in [0.29, 0.717) is 13.2 Å². The number of amides is 1. The van der Waals surface area contributed by atoms with Crippen LogP contribution in [0.4, 0.5) is 0 Å². The summed E-state index contributed by atoms with van der Waals surface area (Å²) in [5.41, 5.74) is 1.85. The lowest BCUT2D eigenvalue weighted by Crippen LogP contribution is -2.35. The number of para-hydroxylation sites is 2. The van der Waals surface area contributed by atoms with Crippen LogP contribution in [0, 0.1) is 0 Å². The van der Waals surface area contributed by atoms with Crippen LogP contribution in [0.15, 0.2) is 59.3 Å². The van der Waals surface area contributed by atoms with Gasteiger partial charge in [-0.3, -0.25) is 4.79 Å². The second-order valence-corrected chi connectivity index (χ2v) is 6.79. The number of carbonyl (C=O) groups excluding carboxylic acids is 1. The number of rotatable bonds is 6. The molecule has 25 heavy (non-hydrogen) atoms. The molecule has 2 aromatic carbocycles. The van der Waals surface area contributed by atoms with Crippen molar-refractivity contribution in [2.75, 3.05) is 20.2 Å². The number of imidazole rings is 1. The molecule has 3 rings (SSSR count). The number of fused-ring (bicyclic) bond motifs is 1. The van der Waals surface area contributed by atoms with E-state index in [-0.39, 0.29) is 11.9 Å². The predicted molar refractivity (Wildman–Crippen MR) is 102 cm³/mol. The summed E-state index contributed by atoms with van der Waals surface area (Å²) in [7, 11) is 1.79. The van der Waals surface area contributed by atoms with Crippen molar-refractivity contribution in [2.24, 2.45) is 0 Å². The van der Waals surface area contributed by atoms with Gasteiger partial charge in [0.2, 0.25) is 5.91 Å². The van der Waals surface area contributed by atoms with E-state index in [0.717, 1.165) is 21.3 Å². The number of ether oxygens (including phenoxy) is 1. The summed E-state index contributed by atoms with van der Waals surface area (Å²) in [6, 6.07) is 15.1. The fourth-order valence-corrected chi connectivity index (χ4v) is 2.93. The number of halogens is 1. The SMILES string of the molecule is CC(C(=O)N(C)CCOc1ccc(Br)cc1)n1cnc2ccccc21. The van der Waals surface area contributed by atoms with Crippen molar-refractivity contribution in [3.05, 3.63) is 59.3 Å². The summed E-state index contributed by atoms with van der Waals surface area (Å²) in [5.74, 6) is 0.820. The fourth-order valence-electron chi connectivity index (χ4n) is 2.67. The van der Waals surface area contributed by atoms with Crippen LogP contribution in [-0.2, 0) is 4.79 Å². The number of benzene rings is 2. The van der Waals surface area contributed by atoms with Gasteiger partial charge in [0.05, 0.1) is 23.9 Å². The molecule has 0 aliphatic carbocycles. The molecule has 6 heteroatoms. The first-order chi connectivity index (χ1) is 12.1. The van der Waals surface area contributed by atoms with Gasteiger partial charge in [-0.25, -0.2) is 4.98 Å². The molecule has 1 unspecified atom stereocenters. The first-order valence-corrected chi connectivity index (χ1v) is 8.90. The Balaban J connectivity index is 1.59. The van der Waals surface area contributed by atoms with Gasteiger partial charge >= 0.3 is 0 Å². The molecule has 1 amide bonds. The van der Waals surface area contributed by atoms with E-state index < -0.39 is 0 Å². The number of aromatic nitrogens is 2. The quantitative estimate of drug-likeness (QED) is 0.629. The molecule has 1 aromatic heterocycles. The molecule has 1 heterocycles. The molecule has 130 valence electrons. The van der Waals surface area contributed by atoms with Crippen molar-refractivity contribution in [1.82, 2.24) is 14.5 Å². The first-order valence-electron chi connectivity index (χ1n) is 8.11. The molecule has 5 nitrogen and oxygen atoms in total. The van der Waals surface area contributed by atoms with Gasteiger partial charge in [0, 0.05) is 11.5 Å². The lowest BCUT2D eigenvalue weighted by molar-refractivity contribution is -0.133. The molecule has 0 bridgehead atoms. The molecular formula is C19H20BrN3O2. The number of carbonyl (C=O) groups is 1. The van der Waals surface area contributed by atoms with Gasteiger partial charge in [0.25, 0.3) is 0 Å². The van der Waals surface area contributed by atoms with E-state index >= 15 is 0 Å². The molecule has 0 saturated carbocycles. The number of likely N-dealkylation sites (N-methyl/N-ethyl adjacent to an activating group) is 1. The van der Waals surface area contributed by atoms with Crippen molar-refractivity contribution < 1.29 is 9.53 Å². The third-order valence-corrected chi connectivity index (χ3v) is 4.67. The second-order valence-electron chi connectivity index (χ2n) is 5.88. The topological polar surface area (TPSA) is 47.4 Å². The van der Waals surface area contributed by atoms with E-state index in [4.69, 9.17) is 4.74 Å². The zero-order chi connectivity index (χ0) is 17.8. The number of hydrogen-bond donors (Lipinski definition) is 0. The average Bonchev–Trinajstić information content (AvgIpc) is 3.06. The number of nitrogens with zero attached hydrogens (tertiary/aromatic N) is 3. The molecule has 0 radical (unpaired) electrons. The molecule has 0 saturated heterocycles. The third kappa shape index (κ3) is 4.02. The van der Waals surface area contributed by atoms with Crippen molar-refractivity contribution in [3.8, 4) is 5.75 Å². The molecule has 0 aliphatic heterocycles. The normalized spacial score (nSPS) is 12.1. The fraction of sp³-hybridized carbons (Fsp3) is 0.263. The van der Waals surface area contributed by atoms with Gasteiger partial charge in [-0.1, -0.05) is 28.1 Å². The van der Waals surface area contributed by atoms with Crippen LogP contribution >= 0.6 is 15.9 Å². The van der Waals surface area contributed by atoms with Gasteiger partial charge in [-0.15, -0.1) is 0 Å². The highest BCUT2D eigenvalue weighted by molar-refractivity contribution is 9.10. The van der Waals surface area contributed by atoms with E-state index in [1.807, 2.05) is 60.0 Å². The maximum absolute atomic E-state index is 12.7. The number of hydrogen-bond acceptors (Lipinski definition) is 3. The van der Waals surface area contributed by atoms with Gasteiger partial charge in [-0.2, -0.15) is 0 Å². The molecule has 0 aliphatic rings. The standard InChI is InChI=1S/C19H20BrN3O2/c1-14(23-13-21-17-5-3-4-6-18(17)23)19(24)22(2)11-12-25-16-9-7-15(20)8-10-16/h3-10,13-14H,11-12H2,1-2H3. The lowest BCUT2D eigenvalue weighted by atomic mass is 10.2. The Labute approximate surface area is 155 Å². The van der Waals surface area contributed by atoms with Crippen LogP contribution in [-0.4, -0.2) is 40.6 Å². The summed E-state index contributed by atoms with van der Waals surface area (Å²) in [6.07, 6.45) is 1.72. The minimum absolute atomic E-state index is 0.0301. The maximum atomic E-state index is 12.7. The summed E-state index contributed by atoms with van der Waals surface area (Å²) in [5, 5.41) is 0. The van der Waals surface area contributed by atoms with Crippen LogP contribution < -0.4 is 4.74 Å². The van der Waals surface area contributed by atoms with Crippen molar-refractivity contribution in [2.45, 2.75) is 13.0 Å². The largest absolute Gasteiger partial charge is 0.492 e. The Morgan fingerprint density at radius 1 is 1.24 bits per heavy atom. The Hall–Kier alpha value is -2.34. The third-order valence-electron chi connectivity index (χ3n) is 4.14. The monoisotopic (exact) mass is 401 g/mol. The van der Waals surface area contributed by atoms with Gasteiger partial charge in [-0.05, 0) is 43.3 Å².